The summed E-state index contributed by atoms with van der Waals surface area (Å²) in [6.07, 6.45) is 34.7. The average molecular weight is 592 g/mol. The maximum Gasteiger partial charge on any atom is 0.180 e. The van der Waals surface area contributed by atoms with Crippen LogP contribution >= 0.6 is 0 Å². The molecule has 0 fully saturated rings. The summed E-state index contributed by atoms with van der Waals surface area (Å²) in [5.74, 6) is 0. The number of H-pyrrole nitrogens is 3. The maximum atomic E-state index is 4.47. The van der Waals surface area contributed by atoms with Crippen LogP contribution in [0.3, 0.4) is 0 Å². The highest BCUT2D eigenvalue weighted by Gasteiger charge is 1.62. The Bertz CT molecular complexity index is 1020. The van der Waals surface area contributed by atoms with E-state index in [2.05, 4.69) is 69.4 Å². The molecule has 224 valence electrons. The summed E-state index contributed by atoms with van der Waals surface area (Å²) in [6, 6.07) is 17.1. The predicted octanol–water partition coefficient (Wildman–Crippen LogP) is 5.02. The molecule has 0 radical (unpaired) electrons. The molecule has 14 heteroatoms. The molecule has 0 aliphatic rings. The standard InChI is InChI=1S/2C5H5N.2C4H4N2.C4H5N.C3H4N2.C3H3NO.C2H3N3/c2*1-2-4-6-5-3-1;1-2-6-4-3-5-1;1-2-5-4-6-3-1;1-2-4-5-3-1;2*1-2-5-3-4-1;1-3-2-5-4-1/h2*1-5H;2*1-4H;1-5H;1-3H,(H,4,5);1-3H;1-2H,(H,3,4,5). The van der Waals surface area contributed by atoms with Crippen molar-refractivity contribution in [3.05, 3.63) is 186 Å². The lowest BCUT2D eigenvalue weighted by atomic mass is 10.5. The fourth-order valence-corrected chi connectivity index (χ4v) is 1.97. The second-order valence-corrected chi connectivity index (χ2v) is 6.82. The van der Waals surface area contributed by atoms with E-state index in [-0.39, 0.29) is 0 Å². The molecule has 44 heavy (non-hydrogen) atoms. The summed E-state index contributed by atoms with van der Waals surface area (Å²) in [4.78, 5) is 38.8. The number of imidazole rings is 1. The number of nitrogens with one attached hydrogen (secondary N) is 3. The lowest BCUT2D eigenvalue weighted by Gasteiger charge is -1.70. The highest BCUT2D eigenvalue weighted by atomic mass is 16.3. The van der Waals surface area contributed by atoms with Gasteiger partial charge in [-0.25, -0.2) is 24.9 Å². The maximum absolute atomic E-state index is 4.47. The SMILES string of the molecule is c1c[nH]cn1.c1cc[nH]c1.c1ccncc1.c1ccncc1.c1cnccn1.c1cncnc1.c1cocn1.c1nc[nH]n1. The van der Waals surface area contributed by atoms with Crippen molar-refractivity contribution in [3.8, 4) is 0 Å². The number of hydrogen-bond acceptors (Lipinski definition) is 11. The first-order valence-corrected chi connectivity index (χ1v) is 12.7. The zero-order valence-electron chi connectivity index (χ0n) is 23.7. The van der Waals surface area contributed by atoms with Crippen molar-refractivity contribution < 1.29 is 4.42 Å². The number of oxazole rings is 1. The fourth-order valence-electron chi connectivity index (χ4n) is 1.97. The van der Waals surface area contributed by atoms with Gasteiger partial charge in [-0.1, -0.05) is 12.1 Å². The van der Waals surface area contributed by atoms with Crippen LogP contribution in [0, 0.1) is 0 Å². The third-order valence-corrected chi connectivity index (χ3v) is 3.67. The van der Waals surface area contributed by atoms with Crippen molar-refractivity contribution in [2.45, 2.75) is 0 Å². The second-order valence-electron chi connectivity index (χ2n) is 6.82. The van der Waals surface area contributed by atoms with Gasteiger partial charge in [0.2, 0.25) is 0 Å². The Balaban J connectivity index is 0.000000252. The molecule has 0 amide bonds. The molecule has 0 aliphatic heterocycles. The van der Waals surface area contributed by atoms with Crippen molar-refractivity contribution in [1.29, 1.82) is 0 Å². The second kappa shape index (κ2) is 32.5. The minimum absolute atomic E-state index is 1.38. The molecule has 8 aromatic rings. The molecule has 3 N–H and O–H groups in total. The average Bonchev–Trinajstić information content (AvgIpc) is 4.00. The van der Waals surface area contributed by atoms with Crippen LogP contribution in [0.5, 0.6) is 0 Å². The van der Waals surface area contributed by atoms with E-state index >= 15 is 0 Å². The molecule has 0 bridgehead atoms. The number of rotatable bonds is 0. The number of aromatic amines is 3. The van der Waals surface area contributed by atoms with Gasteiger partial charge in [0.15, 0.2) is 6.39 Å². The predicted molar refractivity (Wildman–Crippen MR) is 165 cm³/mol. The largest absolute Gasteiger partial charge is 0.452 e. The van der Waals surface area contributed by atoms with E-state index < -0.39 is 0 Å². The van der Waals surface area contributed by atoms with Gasteiger partial charge in [0.1, 0.15) is 25.2 Å². The summed E-state index contributed by atoms with van der Waals surface area (Å²) in [5, 5.41) is 5.99. The van der Waals surface area contributed by atoms with Crippen LogP contribution in [0.4, 0.5) is 0 Å². The van der Waals surface area contributed by atoms with Gasteiger partial charge in [-0.05, 0) is 42.5 Å². The summed E-state index contributed by atoms with van der Waals surface area (Å²) in [5.41, 5.74) is 0. The lowest BCUT2D eigenvalue weighted by Crippen LogP contribution is -1.66. The van der Waals surface area contributed by atoms with E-state index in [0.717, 1.165) is 0 Å². The normalized spacial score (nSPS) is 8.00. The Morgan fingerprint density at radius 3 is 1.11 bits per heavy atom. The first-order valence-electron chi connectivity index (χ1n) is 12.7. The lowest BCUT2D eigenvalue weighted by molar-refractivity contribution is 0.558. The number of nitrogens with zero attached hydrogens (tertiary/aromatic N) is 10. The van der Waals surface area contributed by atoms with E-state index in [9.17, 15) is 0 Å². The van der Waals surface area contributed by atoms with Crippen molar-refractivity contribution in [2.75, 3.05) is 0 Å². The van der Waals surface area contributed by atoms with Crippen molar-refractivity contribution in [3.63, 3.8) is 0 Å². The van der Waals surface area contributed by atoms with Gasteiger partial charge < -0.3 is 14.4 Å². The first-order chi connectivity index (χ1) is 22.0. The molecule has 0 saturated heterocycles. The van der Waals surface area contributed by atoms with E-state index in [1.54, 1.807) is 93.0 Å². The minimum Gasteiger partial charge on any atom is -0.452 e. The molecule has 8 aromatic heterocycles. The summed E-state index contributed by atoms with van der Waals surface area (Å²) in [6.45, 7) is 0. The van der Waals surface area contributed by atoms with Crippen LogP contribution in [0.1, 0.15) is 0 Å². The Morgan fingerprint density at radius 1 is 0.364 bits per heavy atom. The van der Waals surface area contributed by atoms with Gasteiger partial charge in [-0.15, -0.1) is 0 Å². The zero-order chi connectivity index (χ0) is 31.1. The molecule has 0 saturated carbocycles. The molecule has 8 heterocycles. The van der Waals surface area contributed by atoms with Crippen molar-refractivity contribution in [2.24, 2.45) is 0 Å². The summed E-state index contributed by atoms with van der Waals surface area (Å²) < 4.78 is 4.47. The molecule has 14 nitrogen and oxygen atoms in total. The van der Waals surface area contributed by atoms with Crippen LogP contribution < -0.4 is 0 Å². The molecule has 0 aromatic carbocycles. The van der Waals surface area contributed by atoms with Gasteiger partial charge >= 0.3 is 0 Å². The third kappa shape index (κ3) is 29.9. The molecule has 0 unspecified atom stereocenters. The van der Waals surface area contributed by atoms with Crippen LogP contribution in [-0.2, 0) is 0 Å². The molecule has 0 aliphatic carbocycles. The highest BCUT2D eigenvalue weighted by molar-refractivity contribution is 4.89. The molecular weight excluding hydrogens is 558 g/mol. The molecule has 0 atom stereocenters. The zero-order valence-corrected chi connectivity index (χ0v) is 23.7. The fraction of sp³-hybridized carbons (Fsp3) is 0. The molecular formula is C30H33N13O. The van der Waals surface area contributed by atoms with Crippen LogP contribution in [0.15, 0.2) is 190 Å². The Hall–Kier alpha value is -6.70. The summed E-state index contributed by atoms with van der Waals surface area (Å²) >= 11 is 0. The number of aromatic nitrogens is 13. The Kier molecular flexibility index (Phi) is 26.1. The summed E-state index contributed by atoms with van der Waals surface area (Å²) in [7, 11) is 0. The quantitative estimate of drug-likeness (QED) is 0.215. The van der Waals surface area contributed by atoms with Crippen molar-refractivity contribution in [1.82, 2.24) is 65.0 Å². The van der Waals surface area contributed by atoms with E-state index in [4.69, 9.17) is 0 Å². The van der Waals surface area contributed by atoms with E-state index in [1.165, 1.54) is 31.6 Å². The van der Waals surface area contributed by atoms with E-state index in [0.29, 0.717) is 0 Å². The van der Waals surface area contributed by atoms with Gasteiger partial charge in [0.05, 0.1) is 12.5 Å². The number of pyridine rings is 2. The van der Waals surface area contributed by atoms with Gasteiger partial charge in [-0.2, -0.15) is 5.10 Å². The van der Waals surface area contributed by atoms with Gasteiger partial charge in [-0.3, -0.25) is 25.0 Å². The molecule has 8 rings (SSSR count). The number of hydrogen-bond donors (Lipinski definition) is 3. The molecule has 0 spiro atoms. The third-order valence-electron chi connectivity index (χ3n) is 3.67. The monoisotopic (exact) mass is 591 g/mol. The highest BCUT2D eigenvalue weighted by Crippen LogP contribution is 1.75. The minimum atomic E-state index is 1.38. The van der Waals surface area contributed by atoms with Gasteiger partial charge in [0, 0.05) is 86.8 Å². The first kappa shape index (κ1) is 35.3. The van der Waals surface area contributed by atoms with Gasteiger partial charge in [0.25, 0.3) is 0 Å². The van der Waals surface area contributed by atoms with E-state index in [1.807, 2.05) is 60.9 Å². The Morgan fingerprint density at radius 2 is 0.955 bits per heavy atom. The smallest absolute Gasteiger partial charge is 0.180 e. The van der Waals surface area contributed by atoms with Crippen LogP contribution in [-0.4, -0.2) is 65.0 Å². The Labute approximate surface area is 254 Å². The van der Waals surface area contributed by atoms with Crippen molar-refractivity contribution >= 4 is 0 Å². The van der Waals surface area contributed by atoms with Crippen LogP contribution in [0.25, 0.3) is 0 Å². The topological polar surface area (TPSA) is 189 Å². The van der Waals surface area contributed by atoms with Crippen LogP contribution in [0.2, 0.25) is 0 Å².